The predicted octanol–water partition coefficient (Wildman–Crippen LogP) is 18.6. The van der Waals surface area contributed by atoms with Crippen molar-refractivity contribution >= 4 is 50.2 Å². The normalized spacial score (nSPS) is 11.4. The second-order valence-corrected chi connectivity index (χ2v) is 21.4. The fourth-order valence-electron chi connectivity index (χ4n) is 11.6. The molecule has 0 spiro atoms. The number of fused-ring (bicyclic) bond motifs is 6. The maximum absolute atomic E-state index is 7.13. The molecule has 0 fully saturated rings. The first-order valence-electron chi connectivity index (χ1n) is 29.5. The van der Waals surface area contributed by atoms with Crippen LogP contribution in [0.3, 0.4) is 0 Å². The zero-order valence-corrected chi connectivity index (χ0v) is 49.0. The Kier molecular flexibility index (Phi) is 14.7. The third-order valence-electron chi connectivity index (χ3n) is 15.8. The van der Waals surface area contributed by atoms with Crippen LogP contribution in [0.1, 0.15) is 0 Å². The van der Waals surface area contributed by atoms with Gasteiger partial charge in [0.25, 0.3) is 0 Å². The van der Waals surface area contributed by atoms with E-state index in [0.29, 0.717) is 50.8 Å². The molecule has 0 atom stereocenters. The highest BCUT2D eigenvalue weighted by Gasteiger charge is 2.27. The van der Waals surface area contributed by atoms with Gasteiger partial charge in [0.15, 0.2) is 22.8 Å². The fourth-order valence-corrected chi connectivity index (χ4v) is 11.6. The summed E-state index contributed by atoms with van der Waals surface area (Å²) in [6.07, 6.45) is 17.6. The van der Waals surface area contributed by atoms with Crippen LogP contribution in [-0.4, -0.2) is 63.1 Å². The van der Waals surface area contributed by atoms with Crippen LogP contribution in [0.5, 0.6) is 0 Å². The van der Waals surface area contributed by atoms with E-state index in [9.17, 15) is 0 Å². The highest BCUT2D eigenvalue weighted by Crippen LogP contribution is 2.47. The Morgan fingerprint density at radius 3 is 1.12 bits per heavy atom. The number of nitrogens with zero attached hydrogens (tertiary/aromatic N) is 11. The van der Waals surface area contributed by atoms with Crippen molar-refractivity contribution in [3.8, 4) is 124 Å². The zero-order valence-electron chi connectivity index (χ0n) is 49.0. The monoisotopic (exact) mass is 1170 g/mol. The van der Waals surface area contributed by atoms with Gasteiger partial charge in [0.1, 0.15) is 22.4 Å². The van der Waals surface area contributed by atoms with Gasteiger partial charge in [0.05, 0.1) is 39.7 Å². The summed E-state index contributed by atoms with van der Waals surface area (Å²) in [5, 5.41) is 2.54. The zero-order chi connectivity index (χ0) is 61.0. The molecule has 0 N–H and O–H groups in total. The lowest BCUT2D eigenvalue weighted by atomic mass is 9.93. The smallest absolute Gasteiger partial charge is 0.163 e. The van der Waals surface area contributed by atoms with Gasteiger partial charge >= 0.3 is 0 Å². The molecule has 0 unspecified atom stereocenters. The topological polar surface area (TPSA) is 168 Å². The molecule has 13 nitrogen and oxygen atoms in total. The number of benzene rings is 6. The summed E-state index contributed by atoms with van der Waals surface area (Å²) in [5.74, 6) is 1.19. The van der Waals surface area contributed by atoms with Gasteiger partial charge in [0.2, 0.25) is 0 Å². The van der Waals surface area contributed by atoms with Crippen molar-refractivity contribution < 1.29 is 8.83 Å². The highest BCUT2D eigenvalue weighted by atomic mass is 16.3. The van der Waals surface area contributed by atoms with Crippen LogP contribution in [0.15, 0.2) is 294 Å². The largest absolute Gasteiger partial charge is 0.454 e. The lowest BCUT2D eigenvalue weighted by molar-refractivity contribution is 0.663. The molecule has 16 aromatic rings. The molecule has 430 valence electrons. The predicted molar refractivity (Wildman–Crippen MR) is 363 cm³/mol. The average Bonchev–Trinajstić information content (AvgIpc) is 1.69. The summed E-state index contributed by atoms with van der Waals surface area (Å²) >= 11 is 0. The molecule has 0 bridgehead atoms. The molecule has 0 aliphatic rings. The fraction of sp³-hybridized carbons (Fsp3) is 0.0128. The van der Waals surface area contributed by atoms with Crippen molar-refractivity contribution in [1.82, 2.24) is 49.8 Å². The van der Waals surface area contributed by atoms with E-state index in [4.69, 9.17) is 38.7 Å². The van der Waals surface area contributed by atoms with E-state index < -0.39 is 0 Å². The number of furan rings is 2. The molecule has 0 aliphatic carbocycles. The lowest BCUT2D eigenvalue weighted by Gasteiger charge is -2.17. The van der Waals surface area contributed by atoms with E-state index >= 15 is 0 Å². The molecule has 91 heavy (non-hydrogen) atoms. The van der Waals surface area contributed by atoms with E-state index in [0.717, 1.165) is 117 Å². The van der Waals surface area contributed by atoms with Crippen LogP contribution in [-0.2, 0) is 0 Å². The number of allylic oxidation sites excluding steroid dienone is 1. The van der Waals surface area contributed by atoms with Gasteiger partial charge in [-0.1, -0.05) is 146 Å². The van der Waals surface area contributed by atoms with Crippen LogP contribution >= 0.6 is 0 Å². The maximum Gasteiger partial charge on any atom is 0.163 e. The SMILES string of the molecule is C=CC=NC.c1ccc(-c2cc3c(oc4ccc(-c5c(-c6ccncc6)nc(-c6ccccc6)nc5-c5ccncc5)cc43)c(-c3cc(-c4ccccc4)nc4c3oc3ccc(-c5c(-c6ccncc6)nc(-c6ccccc6)nc5-c5ccncc5)cc34)n2)cc1. The molecule has 10 aromatic heterocycles. The Balaban J connectivity index is 0.00000133. The molecule has 0 radical (unpaired) electrons. The Labute approximate surface area is 522 Å². The van der Waals surface area contributed by atoms with Gasteiger partial charge in [-0.15, -0.1) is 0 Å². The highest BCUT2D eigenvalue weighted by molar-refractivity contribution is 6.16. The maximum atomic E-state index is 7.13. The molecular weight excluding hydrogens is 1120 g/mol. The van der Waals surface area contributed by atoms with Crippen molar-refractivity contribution in [2.45, 2.75) is 0 Å². The molecule has 6 aromatic carbocycles. The second kappa shape index (κ2) is 24.3. The van der Waals surface area contributed by atoms with E-state index in [2.05, 4.69) is 92.2 Å². The number of aliphatic imine (C=N–C) groups is 1. The molecule has 16 rings (SSSR count). The summed E-state index contributed by atoms with van der Waals surface area (Å²) in [5.41, 5.74) is 19.5. The van der Waals surface area contributed by atoms with Gasteiger partial charge in [-0.2, -0.15) is 0 Å². The van der Waals surface area contributed by atoms with Crippen molar-refractivity contribution in [1.29, 1.82) is 0 Å². The number of aromatic nitrogens is 10. The molecular formula is C78H51N11O2. The summed E-state index contributed by atoms with van der Waals surface area (Å²) < 4.78 is 14.2. The first-order valence-corrected chi connectivity index (χ1v) is 29.5. The van der Waals surface area contributed by atoms with Crippen molar-refractivity contribution in [3.63, 3.8) is 0 Å². The van der Waals surface area contributed by atoms with Gasteiger partial charge in [-0.3, -0.25) is 24.9 Å². The minimum atomic E-state index is 0.552. The lowest BCUT2D eigenvalue weighted by Crippen LogP contribution is -2.01. The first-order chi connectivity index (χ1) is 45.0. The Morgan fingerprint density at radius 2 is 0.714 bits per heavy atom. The Hall–Kier alpha value is -12.6. The summed E-state index contributed by atoms with van der Waals surface area (Å²) in [6.45, 7) is 3.40. The first kappa shape index (κ1) is 55.0. The van der Waals surface area contributed by atoms with Crippen LogP contribution in [0.25, 0.3) is 168 Å². The molecule has 13 heteroatoms. The van der Waals surface area contributed by atoms with Crippen LogP contribution in [0.2, 0.25) is 0 Å². The van der Waals surface area contributed by atoms with E-state index in [1.165, 1.54) is 0 Å². The van der Waals surface area contributed by atoms with Gasteiger partial charge < -0.3 is 8.83 Å². The average molecular weight is 1170 g/mol. The van der Waals surface area contributed by atoms with E-state index in [1.54, 1.807) is 68.9 Å². The summed E-state index contributed by atoms with van der Waals surface area (Å²) in [6, 6.07) is 73.2. The second-order valence-electron chi connectivity index (χ2n) is 21.4. The molecule has 0 amide bonds. The number of hydrogen-bond acceptors (Lipinski definition) is 13. The van der Waals surface area contributed by atoms with Crippen molar-refractivity contribution in [2.75, 3.05) is 7.05 Å². The standard InChI is InChI=1S/C74H44N10O2.C4H7N/c1-5-13-45(14-6-1)59-43-56-55-41-53(63-65(47-25-33-75-34-26-47)81-73(51-17-9-3-10-18-51)82-66(63)48-27-35-76-36-28-48)21-23-61(55)85-71(56)70(80-59)58-44-60(46-15-7-2-8-16-46)79-69-57-42-54(22-24-62(57)86-72(58)69)64-67(49-29-37-77-38-30-49)83-74(52-19-11-4-12-20-52)84-68(64)50-31-39-78-40-32-50;1-3-4-5-2/h1-44H;3-4H,1H2,2H3. The number of rotatable bonds is 12. The molecule has 0 aliphatic heterocycles. The Bertz CT molecular complexity index is 4900. The van der Waals surface area contributed by atoms with Gasteiger partial charge in [-0.25, -0.2) is 29.9 Å². The quantitative estimate of drug-likeness (QED) is 0.106. The minimum absolute atomic E-state index is 0.552. The molecule has 10 heterocycles. The summed E-state index contributed by atoms with van der Waals surface area (Å²) in [4.78, 5) is 53.6. The number of hydrogen-bond donors (Lipinski definition) is 0. The molecule has 0 saturated heterocycles. The molecule has 0 saturated carbocycles. The van der Waals surface area contributed by atoms with Crippen molar-refractivity contribution in [3.05, 3.63) is 281 Å². The van der Waals surface area contributed by atoms with Crippen LogP contribution in [0, 0.1) is 0 Å². The van der Waals surface area contributed by atoms with Crippen LogP contribution in [0.4, 0.5) is 0 Å². The third kappa shape index (κ3) is 10.6. The van der Waals surface area contributed by atoms with Crippen molar-refractivity contribution in [2.24, 2.45) is 4.99 Å². The van der Waals surface area contributed by atoms with E-state index in [-0.39, 0.29) is 0 Å². The Morgan fingerprint density at radius 1 is 0.330 bits per heavy atom. The number of pyridine rings is 6. The third-order valence-corrected chi connectivity index (χ3v) is 15.8. The summed E-state index contributed by atoms with van der Waals surface area (Å²) in [7, 11) is 1.71. The minimum Gasteiger partial charge on any atom is -0.454 e. The van der Waals surface area contributed by atoms with E-state index in [1.807, 2.05) is 158 Å². The van der Waals surface area contributed by atoms with Gasteiger partial charge in [0, 0.05) is 135 Å². The van der Waals surface area contributed by atoms with Crippen LogP contribution < -0.4 is 0 Å². The van der Waals surface area contributed by atoms with Gasteiger partial charge in [-0.05, 0) is 96.1 Å².